The third-order valence-electron chi connectivity index (χ3n) is 3.08. The predicted octanol–water partition coefficient (Wildman–Crippen LogP) is 1.94. The van der Waals surface area contributed by atoms with Crippen LogP contribution in [0.25, 0.3) is 0 Å². The van der Waals surface area contributed by atoms with E-state index in [0.29, 0.717) is 17.1 Å². The summed E-state index contributed by atoms with van der Waals surface area (Å²) in [5.41, 5.74) is -0.529. The number of methoxy groups -OCH3 is 3. The Morgan fingerprint density at radius 2 is 1.58 bits per heavy atom. The monoisotopic (exact) mass is 268 g/mol. The van der Waals surface area contributed by atoms with E-state index in [0.717, 1.165) is 0 Å². The molecule has 1 aromatic carbocycles. The normalized spacial score (nSPS) is 12.7. The van der Waals surface area contributed by atoms with E-state index in [9.17, 15) is 9.90 Å². The third kappa shape index (κ3) is 3.17. The van der Waals surface area contributed by atoms with Crippen molar-refractivity contribution >= 4 is 5.97 Å². The minimum absolute atomic E-state index is 0.484. The van der Waals surface area contributed by atoms with E-state index in [1.54, 1.807) is 32.0 Å². The number of rotatable bonds is 5. The average Bonchev–Trinajstić information content (AvgIpc) is 2.44. The van der Waals surface area contributed by atoms with E-state index in [2.05, 4.69) is 0 Å². The van der Waals surface area contributed by atoms with Crippen molar-refractivity contribution in [1.82, 2.24) is 0 Å². The maximum atomic E-state index is 11.7. The summed E-state index contributed by atoms with van der Waals surface area (Å²) >= 11 is 0. The largest absolute Gasteiger partial charge is 0.497 e. The van der Waals surface area contributed by atoms with Gasteiger partial charge in [-0.05, 0) is 31.5 Å². The van der Waals surface area contributed by atoms with E-state index in [-0.39, 0.29) is 0 Å². The Morgan fingerprint density at radius 3 is 1.95 bits per heavy atom. The molecule has 5 nitrogen and oxygen atoms in total. The first-order chi connectivity index (χ1) is 8.86. The van der Waals surface area contributed by atoms with Crippen LogP contribution in [-0.2, 0) is 9.53 Å². The maximum absolute atomic E-state index is 11.7. The van der Waals surface area contributed by atoms with Crippen LogP contribution >= 0.6 is 0 Å². The Kier molecular flexibility index (Phi) is 4.78. The van der Waals surface area contributed by atoms with Crippen molar-refractivity contribution in [1.29, 1.82) is 0 Å². The van der Waals surface area contributed by atoms with Crippen molar-refractivity contribution in [3.05, 3.63) is 23.8 Å². The number of benzene rings is 1. The molecule has 1 N–H and O–H groups in total. The number of carbonyl (C=O) groups excluding carboxylic acids is 1. The molecule has 1 aromatic rings. The summed E-state index contributed by atoms with van der Waals surface area (Å²) in [5.74, 6) is 0.616. The van der Waals surface area contributed by atoms with Crippen molar-refractivity contribution < 1.29 is 24.1 Å². The number of hydrogen-bond acceptors (Lipinski definition) is 5. The van der Waals surface area contributed by atoms with Gasteiger partial charge in [0, 0.05) is 6.07 Å². The van der Waals surface area contributed by atoms with Gasteiger partial charge < -0.3 is 19.3 Å². The Morgan fingerprint density at radius 1 is 1.11 bits per heavy atom. The molecule has 1 unspecified atom stereocenters. The van der Waals surface area contributed by atoms with Crippen LogP contribution in [-0.4, -0.2) is 32.4 Å². The minimum Gasteiger partial charge on any atom is -0.497 e. The van der Waals surface area contributed by atoms with Crippen LogP contribution in [0.2, 0.25) is 0 Å². The number of aliphatic hydroxyl groups excluding tert-OH is 1. The van der Waals surface area contributed by atoms with Gasteiger partial charge >= 0.3 is 5.97 Å². The topological polar surface area (TPSA) is 65.0 Å². The highest BCUT2D eigenvalue weighted by molar-refractivity contribution is 5.76. The molecule has 0 aromatic heterocycles. The first-order valence-electron chi connectivity index (χ1n) is 5.86. The van der Waals surface area contributed by atoms with E-state index in [1.165, 1.54) is 21.3 Å². The summed E-state index contributed by atoms with van der Waals surface area (Å²) in [6, 6.07) is 5.02. The molecular formula is C14H20O5. The van der Waals surface area contributed by atoms with Gasteiger partial charge in [0.15, 0.2) is 0 Å². The number of hydrogen-bond donors (Lipinski definition) is 1. The van der Waals surface area contributed by atoms with Gasteiger partial charge in [0.2, 0.25) is 0 Å². The van der Waals surface area contributed by atoms with Crippen LogP contribution in [0.5, 0.6) is 11.5 Å². The standard InChI is InChI=1S/C14H20O5/c1-14(2,13(16)19-5)12(15)9-6-10(17-3)8-11(7-9)18-4/h6-8,12,15H,1-5H3. The lowest BCUT2D eigenvalue weighted by Crippen LogP contribution is -2.32. The Bertz CT molecular complexity index is 431. The van der Waals surface area contributed by atoms with Gasteiger partial charge in [0.05, 0.1) is 32.8 Å². The SMILES string of the molecule is COC(=O)C(C)(C)C(O)c1cc(OC)cc(OC)c1. The molecule has 0 saturated heterocycles. The van der Waals surface area contributed by atoms with Crippen molar-refractivity contribution in [3.63, 3.8) is 0 Å². The second-order valence-corrected chi connectivity index (χ2v) is 4.76. The fraction of sp³-hybridized carbons (Fsp3) is 0.500. The van der Waals surface area contributed by atoms with Gasteiger partial charge in [-0.25, -0.2) is 0 Å². The highest BCUT2D eigenvalue weighted by atomic mass is 16.5. The first kappa shape index (κ1) is 15.3. The van der Waals surface area contributed by atoms with Gasteiger partial charge in [0.1, 0.15) is 11.5 Å². The molecule has 0 fully saturated rings. The molecule has 0 spiro atoms. The zero-order valence-corrected chi connectivity index (χ0v) is 11.9. The van der Waals surface area contributed by atoms with Crippen molar-refractivity contribution in [2.75, 3.05) is 21.3 Å². The summed E-state index contributed by atoms with van der Waals surface area (Å²) in [6.07, 6.45) is -1.02. The van der Waals surface area contributed by atoms with Crippen LogP contribution in [0.15, 0.2) is 18.2 Å². The highest BCUT2D eigenvalue weighted by Crippen LogP contribution is 2.37. The van der Waals surface area contributed by atoms with Crippen LogP contribution in [0.1, 0.15) is 25.5 Å². The summed E-state index contributed by atoms with van der Waals surface area (Å²) in [7, 11) is 4.34. The molecule has 0 aliphatic rings. The predicted molar refractivity (Wildman–Crippen MR) is 70.3 cm³/mol. The Labute approximate surface area is 113 Å². The molecule has 0 amide bonds. The molecule has 5 heteroatoms. The fourth-order valence-electron chi connectivity index (χ4n) is 1.78. The minimum atomic E-state index is -1.06. The van der Waals surface area contributed by atoms with Gasteiger partial charge in [-0.15, -0.1) is 0 Å². The van der Waals surface area contributed by atoms with E-state index in [1.807, 2.05) is 0 Å². The summed E-state index contributed by atoms with van der Waals surface area (Å²) in [4.78, 5) is 11.7. The van der Waals surface area contributed by atoms with Gasteiger partial charge in [-0.3, -0.25) is 4.79 Å². The van der Waals surface area contributed by atoms with Crippen LogP contribution < -0.4 is 9.47 Å². The summed E-state index contributed by atoms with van der Waals surface area (Å²) in [5, 5.41) is 10.4. The number of aliphatic hydroxyl groups is 1. The van der Waals surface area contributed by atoms with Crippen LogP contribution in [0.3, 0.4) is 0 Å². The molecule has 1 atom stereocenters. The molecule has 0 aliphatic heterocycles. The van der Waals surface area contributed by atoms with E-state index >= 15 is 0 Å². The molecule has 0 saturated carbocycles. The van der Waals surface area contributed by atoms with Gasteiger partial charge in [-0.1, -0.05) is 0 Å². The first-order valence-corrected chi connectivity index (χ1v) is 5.86. The molecule has 0 radical (unpaired) electrons. The fourth-order valence-corrected chi connectivity index (χ4v) is 1.78. The van der Waals surface area contributed by atoms with E-state index in [4.69, 9.17) is 14.2 Å². The maximum Gasteiger partial charge on any atom is 0.314 e. The number of ether oxygens (including phenoxy) is 3. The smallest absolute Gasteiger partial charge is 0.314 e. The van der Waals surface area contributed by atoms with Crippen LogP contribution in [0, 0.1) is 5.41 Å². The van der Waals surface area contributed by atoms with Crippen molar-refractivity contribution in [2.24, 2.45) is 5.41 Å². The van der Waals surface area contributed by atoms with Gasteiger partial charge in [0.25, 0.3) is 0 Å². The molecule has 0 heterocycles. The third-order valence-corrected chi connectivity index (χ3v) is 3.08. The van der Waals surface area contributed by atoms with Crippen molar-refractivity contribution in [3.8, 4) is 11.5 Å². The highest BCUT2D eigenvalue weighted by Gasteiger charge is 2.38. The molecule has 19 heavy (non-hydrogen) atoms. The second kappa shape index (κ2) is 5.93. The van der Waals surface area contributed by atoms with Gasteiger partial charge in [-0.2, -0.15) is 0 Å². The average molecular weight is 268 g/mol. The lowest BCUT2D eigenvalue weighted by Gasteiger charge is -2.28. The number of carbonyl (C=O) groups is 1. The number of esters is 1. The van der Waals surface area contributed by atoms with Crippen molar-refractivity contribution in [2.45, 2.75) is 20.0 Å². The Balaban J connectivity index is 3.18. The second-order valence-electron chi connectivity index (χ2n) is 4.76. The molecule has 0 aliphatic carbocycles. The zero-order chi connectivity index (χ0) is 14.6. The molecule has 106 valence electrons. The van der Waals surface area contributed by atoms with E-state index < -0.39 is 17.5 Å². The lowest BCUT2D eigenvalue weighted by atomic mass is 9.82. The quantitative estimate of drug-likeness (QED) is 0.827. The molecule has 1 rings (SSSR count). The van der Waals surface area contributed by atoms with Crippen LogP contribution in [0.4, 0.5) is 0 Å². The Hall–Kier alpha value is -1.75. The lowest BCUT2D eigenvalue weighted by molar-refractivity contribution is -0.157. The zero-order valence-electron chi connectivity index (χ0n) is 11.9. The molecular weight excluding hydrogens is 248 g/mol. The summed E-state index contributed by atoms with van der Waals surface area (Å²) < 4.78 is 15.0. The molecule has 0 bridgehead atoms. The summed E-state index contributed by atoms with van der Waals surface area (Å²) in [6.45, 7) is 3.24.